The third-order valence-electron chi connectivity index (χ3n) is 4.24. The zero-order valence-electron chi connectivity index (χ0n) is 13.1. The van der Waals surface area contributed by atoms with Crippen molar-refractivity contribution < 1.29 is 19.7 Å². The van der Waals surface area contributed by atoms with Crippen LogP contribution in [0.5, 0.6) is 0 Å². The third kappa shape index (κ3) is 3.78. The molecule has 1 amide bonds. The summed E-state index contributed by atoms with van der Waals surface area (Å²) in [5.41, 5.74) is 1.09. The molecule has 0 spiro atoms. The van der Waals surface area contributed by atoms with E-state index in [0.29, 0.717) is 39.0 Å². The summed E-state index contributed by atoms with van der Waals surface area (Å²) in [4.78, 5) is 13.4. The highest BCUT2D eigenvalue weighted by Crippen LogP contribution is 2.35. The molecule has 1 aromatic rings. The third-order valence-corrected chi connectivity index (χ3v) is 4.24. The Hall–Kier alpha value is -1.59. The van der Waals surface area contributed by atoms with Gasteiger partial charge >= 0.3 is 6.09 Å². The lowest BCUT2D eigenvalue weighted by atomic mass is 9.81. The molecule has 0 aliphatic carbocycles. The van der Waals surface area contributed by atoms with Gasteiger partial charge in [0, 0.05) is 19.7 Å². The van der Waals surface area contributed by atoms with Crippen molar-refractivity contribution in [3.8, 4) is 0 Å². The lowest BCUT2D eigenvalue weighted by molar-refractivity contribution is -0.0250. The quantitative estimate of drug-likeness (QED) is 0.873. The minimum atomic E-state index is -0.908. The predicted molar refractivity (Wildman–Crippen MR) is 83.6 cm³/mol. The Morgan fingerprint density at radius 3 is 2.64 bits per heavy atom. The van der Waals surface area contributed by atoms with Gasteiger partial charge in [-0.2, -0.15) is 0 Å². The van der Waals surface area contributed by atoms with Gasteiger partial charge in [-0.05, 0) is 43.7 Å². The Labute approximate surface area is 131 Å². The number of hydrogen-bond acceptors (Lipinski definition) is 4. The summed E-state index contributed by atoms with van der Waals surface area (Å²) in [5, 5.41) is 20.0. The molecule has 1 aliphatic rings. The molecule has 0 saturated carbocycles. The first-order valence-electron chi connectivity index (χ1n) is 7.94. The first kappa shape index (κ1) is 16.8. The highest BCUT2D eigenvalue weighted by molar-refractivity contribution is 5.67. The molecule has 5 nitrogen and oxygen atoms in total. The molecule has 1 aliphatic heterocycles. The highest BCUT2D eigenvalue weighted by atomic mass is 16.6. The van der Waals surface area contributed by atoms with E-state index in [9.17, 15) is 9.90 Å². The zero-order chi connectivity index (χ0) is 16.0. The number of aryl methyl sites for hydroxylation is 1. The Balaban J connectivity index is 2.08. The summed E-state index contributed by atoms with van der Waals surface area (Å²) in [6, 6.07) is 7.83. The second-order valence-electron chi connectivity index (χ2n) is 5.70. The maximum Gasteiger partial charge on any atom is 0.409 e. The number of carbonyl (C=O) groups excluding carboxylic acids is 1. The summed E-state index contributed by atoms with van der Waals surface area (Å²) in [7, 11) is 0. The molecule has 1 fully saturated rings. The van der Waals surface area contributed by atoms with E-state index >= 15 is 0 Å². The van der Waals surface area contributed by atoms with Crippen LogP contribution in [-0.2, 0) is 16.8 Å². The van der Waals surface area contributed by atoms with E-state index in [1.807, 2.05) is 24.3 Å². The molecule has 0 aromatic heterocycles. The number of rotatable bonds is 5. The van der Waals surface area contributed by atoms with Crippen LogP contribution >= 0.6 is 0 Å². The molecule has 0 radical (unpaired) electrons. The second-order valence-corrected chi connectivity index (χ2v) is 5.70. The molecule has 0 bridgehead atoms. The Kier molecular flexibility index (Phi) is 5.80. The highest BCUT2D eigenvalue weighted by Gasteiger charge is 2.37. The average Bonchev–Trinajstić information content (AvgIpc) is 2.54. The molecule has 122 valence electrons. The Morgan fingerprint density at radius 2 is 2.00 bits per heavy atom. The van der Waals surface area contributed by atoms with Gasteiger partial charge in [-0.15, -0.1) is 0 Å². The van der Waals surface area contributed by atoms with Crippen molar-refractivity contribution in [3.05, 3.63) is 35.4 Å². The fraction of sp³-hybridized carbons (Fsp3) is 0.588. The number of benzene rings is 1. The molecular formula is C17H25NO4. The largest absolute Gasteiger partial charge is 0.450 e. The summed E-state index contributed by atoms with van der Waals surface area (Å²) < 4.78 is 5.01. The van der Waals surface area contributed by atoms with Gasteiger partial charge < -0.3 is 19.8 Å². The fourth-order valence-electron chi connectivity index (χ4n) is 3.01. The number of amides is 1. The molecule has 1 heterocycles. The van der Waals surface area contributed by atoms with Crippen LogP contribution in [0.15, 0.2) is 24.3 Å². The lowest BCUT2D eigenvalue weighted by Gasteiger charge is -2.39. The number of ether oxygens (including phenoxy) is 1. The van der Waals surface area contributed by atoms with Gasteiger partial charge in [-0.1, -0.05) is 24.3 Å². The van der Waals surface area contributed by atoms with Gasteiger partial charge in [0.25, 0.3) is 0 Å². The van der Waals surface area contributed by atoms with Crippen molar-refractivity contribution in [3.63, 3.8) is 0 Å². The maximum atomic E-state index is 11.7. The number of aliphatic hydroxyl groups is 2. The second kappa shape index (κ2) is 7.61. The normalized spacial score (nSPS) is 17.3. The van der Waals surface area contributed by atoms with Crippen LogP contribution < -0.4 is 0 Å². The number of aliphatic hydroxyl groups excluding tert-OH is 1. The van der Waals surface area contributed by atoms with Crippen LogP contribution in [0, 0.1) is 0 Å². The number of hydrogen-bond donors (Lipinski definition) is 2. The minimum Gasteiger partial charge on any atom is -0.450 e. The monoisotopic (exact) mass is 307 g/mol. The van der Waals surface area contributed by atoms with E-state index in [2.05, 4.69) is 0 Å². The van der Waals surface area contributed by atoms with Crippen LogP contribution in [0.4, 0.5) is 4.79 Å². The molecule has 1 saturated heterocycles. The molecule has 5 heteroatoms. The number of likely N-dealkylation sites (tertiary alicyclic amines) is 1. The van der Waals surface area contributed by atoms with E-state index in [4.69, 9.17) is 9.84 Å². The van der Waals surface area contributed by atoms with E-state index < -0.39 is 5.60 Å². The molecule has 2 N–H and O–H groups in total. The van der Waals surface area contributed by atoms with Crippen LogP contribution in [0.25, 0.3) is 0 Å². The Bertz CT molecular complexity index is 495. The van der Waals surface area contributed by atoms with Crippen molar-refractivity contribution >= 4 is 6.09 Å². The van der Waals surface area contributed by atoms with Gasteiger partial charge in [0.2, 0.25) is 0 Å². The van der Waals surface area contributed by atoms with Crippen LogP contribution in [-0.4, -0.2) is 47.5 Å². The van der Waals surface area contributed by atoms with Gasteiger partial charge in [-0.3, -0.25) is 0 Å². The van der Waals surface area contributed by atoms with Crippen molar-refractivity contribution in [2.75, 3.05) is 26.3 Å². The van der Waals surface area contributed by atoms with Crippen LogP contribution in [0.3, 0.4) is 0 Å². The van der Waals surface area contributed by atoms with E-state index in [1.54, 1.807) is 11.8 Å². The average molecular weight is 307 g/mol. The van der Waals surface area contributed by atoms with Gasteiger partial charge in [0.05, 0.1) is 12.2 Å². The summed E-state index contributed by atoms with van der Waals surface area (Å²) in [6.45, 7) is 3.27. The summed E-state index contributed by atoms with van der Waals surface area (Å²) in [6.07, 6.45) is 2.13. The van der Waals surface area contributed by atoms with E-state index in [1.165, 1.54) is 0 Å². The van der Waals surface area contributed by atoms with Crippen LogP contribution in [0.1, 0.15) is 37.3 Å². The molecular weight excluding hydrogens is 282 g/mol. The predicted octanol–water partition coefficient (Wildman–Crippen LogP) is 2.05. The minimum absolute atomic E-state index is 0.142. The maximum absolute atomic E-state index is 11.7. The Morgan fingerprint density at radius 1 is 1.32 bits per heavy atom. The zero-order valence-corrected chi connectivity index (χ0v) is 13.1. The molecule has 1 aromatic carbocycles. The van der Waals surface area contributed by atoms with Crippen molar-refractivity contribution in [2.24, 2.45) is 0 Å². The number of carbonyl (C=O) groups is 1. The smallest absolute Gasteiger partial charge is 0.409 e. The SMILES string of the molecule is CCOC(=O)N1CCC(O)(c2ccccc2CCCO)CC1. The summed E-state index contributed by atoms with van der Waals surface area (Å²) in [5.74, 6) is 0. The fourth-order valence-corrected chi connectivity index (χ4v) is 3.01. The van der Waals surface area contributed by atoms with Gasteiger partial charge in [-0.25, -0.2) is 4.79 Å². The molecule has 2 rings (SSSR count). The standard InChI is InChI=1S/C17H25NO4/c1-2-22-16(20)18-11-9-17(21,10-12-18)15-8-4-3-6-14(15)7-5-13-19/h3-4,6,8,19,21H,2,5,7,9-13H2,1H3. The number of nitrogens with zero attached hydrogens (tertiary/aromatic N) is 1. The topological polar surface area (TPSA) is 70.0 Å². The van der Waals surface area contributed by atoms with Crippen molar-refractivity contribution in [1.82, 2.24) is 4.90 Å². The van der Waals surface area contributed by atoms with E-state index in [-0.39, 0.29) is 12.7 Å². The first-order valence-corrected chi connectivity index (χ1v) is 7.94. The van der Waals surface area contributed by atoms with Gasteiger partial charge in [0.15, 0.2) is 0 Å². The molecule has 0 atom stereocenters. The van der Waals surface area contributed by atoms with Crippen molar-refractivity contribution in [1.29, 1.82) is 0 Å². The summed E-state index contributed by atoms with van der Waals surface area (Å²) >= 11 is 0. The van der Waals surface area contributed by atoms with Crippen molar-refractivity contribution in [2.45, 2.75) is 38.2 Å². The van der Waals surface area contributed by atoms with Crippen LogP contribution in [0.2, 0.25) is 0 Å². The number of piperidine rings is 1. The first-order chi connectivity index (χ1) is 10.6. The molecule has 22 heavy (non-hydrogen) atoms. The lowest BCUT2D eigenvalue weighted by Crippen LogP contribution is -2.45. The molecule has 0 unspecified atom stereocenters. The van der Waals surface area contributed by atoms with Gasteiger partial charge in [0.1, 0.15) is 0 Å². The van der Waals surface area contributed by atoms with E-state index in [0.717, 1.165) is 17.5 Å².